The van der Waals surface area contributed by atoms with E-state index in [1.165, 1.54) is 23.6 Å². The van der Waals surface area contributed by atoms with Crippen LogP contribution in [0.5, 0.6) is 0 Å². The number of fused-ring (bicyclic) bond motifs is 3. The highest BCUT2D eigenvalue weighted by Gasteiger charge is 2.54. The maximum Gasteiger partial charge on any atom is 0.251 e. The SMILES string of the molecule is O=C(Nc1nnc2c(n1)[nH]c1ccc(S(=O)(=O)N3CCOCC3)cc12)C12CC3CC(CC(C3)C1)C2. The Morgan fingerprint density at radius 1 is 1.06 bits per heavy atom. The van der Waals surface area contributed by atoms with E-state index in [0.717, 1.165) is 19.3 Å². The Hall–Kier alpha value is -2.63. The molecule has 10 nitrogen and oxygen atoms in total. The molecule has 1 aromatic carbocycles. The van der Waals surface area contributed by atoms with Crippen molar-refractivity contribution < 1.29 is 17.9 Å². The number of nitrogens with zero attached hydrogens (tertiary/aromatic N) is 4. The van der Waals surface area contributed by atoms with Crippen LogP contribution in [0, 0.1) is 23.2 Å². The van der Waals surface area contributed by atoms with E-state index in [0.29, 0.717) is 66.1 Å². The molecule has 2 aromatic heterocycles. The second-order valence-electron chi connectivity index (χ2n) is 10.8. The van der Waals surface area contributed by atoms with Crippen molar-refractivity contribution in [1.29, 1.82) is 0 Å². The molecule has 4 aliphatic carbocycles. The van der Waals surface area contributed by atoms with Gasteiger partial charge >= 0.3 is 0 Å². The number of rotatable bonds is 4. The van der Waals surface area contributed by atoms with Crippen LogP contribution in [0.1, 0.15) is 38.5 Å². The highest BCUT2D eigenvalue weighted by Crippen LogP contribution is 2.60. The molecule has 35 heavy (non-hydrogen) atoms. The van der Waals surface area contributed by atoms with Gasteiger partial charge in [0.1, 0.15) is 5.52 Å². The van der Waals surface area contributed by atoms with E-state index < -0.39 is 10.0 Å². The summed E-state index contributed by atoms with van der Waals surface area (Å²) in [5.41, 5.74) is 1.37. The van der Waals surface area contributed by atoms with Crippen LogP contribution in [0.25, 0.3) is 22.1 Å². The monoisotopic (exact) mass is 496 g/mol. The van der Waals surface area contributed by atoms with Crippen LogP contribution in [0.3, 0.4) is 0 Å². The number of carbonyl (C=O) groups is 1. The topological polar surface area (TPSA) is 130 Å². The van der Waals surface area contributed by atoms with Crippen molar-refractivity contribution in [2.24, 2.45) is 23.2 Å². The molecular formula is C24H28N6O4S. The lowest BCUT2D eigenvalue weighted by Crippen LogP contribution is -2.51. The van der Waals surface area contributed by atoms with Gasteiger partial charge in [0.25, 0.3) is 5.95 Å². The lowest BCUT2D eigenvalue weighted by atomic mass is 9.49. The molecule has 4 bridgehead atoms. The number of anilines is 1. The molecule has 8 rings (SSSR count). The summed E-state index contributed by atoms with van der Waals surface area (Å²) in [5, 5.41) is 12.1. The van der Waals surface area contributed by atoms with E-state index >= 15 is 0 Å². The summed E-state index contributed by atoms with van der Waals surface area (Å²) < 4.78 is 32.9. The quantitative estimate of drug-likeness (QED) is 0.568. The van der Waals surface area contributed by atoms with Gasteiger partial charge in [-0.1, -0.05) is 0 Å². The first-order valence-corrected chi connectivity index (χ1v) is 13.9. The first-order valence-electron chi connectivity index (χ1n) is 12.5. The molecule has 1 aliphatic heterocycles. The molecule has 1 amide bonds. The summed E-state index contributed by atoms with van der Waals surface area (Å²) in [6.45, 7) is 1.45. The molecule has 1 saturated heterocycles. The fourth-order valence-electron chi connectivity index (χ4n) is 7.32. The number of nitrogens with one attached hydrogen (secondary N) is 2. The van der Waals surface area contributed by atoms with E-state index in [1.807, 2.05) is 0 Å². The Balaban J connectivity index is 1.18. The van der Waals surface area contributed by atoms with E-state index in [1.54, 1.807) is 18.2 Å². The summed E-state index contributed by atoms with van der Waals surface area (Å²) in [7, 11) is -3.63. The van der Waals surface area contributed by atoms with Crippen molar-refractivity contribution in [1.82, 2.24) is 24.5 Å². The molecule has 5 fully saturated rings. The Morgan fingerprint density at radius 3 is 2.43 bits per heavy atom. The van der Waals surface area contributed by atoms with Gasteiger partial charge in [-0.15, -0.1) is 10.2 Å². The summed E-state index contributed by atoms with van der Waals surface area (Å²) in [6.07, 6.45) is 6.71. The molecule has 184 valence electrons. The van der Waals surface area contributed by atoms with Crippen molar-refractivity contribution in [3.8, 4) is 0 Å². The van der Waals surface area contributed by atoms with Gasteiger partial charge in [0.15, 0.2) is 5.65 Å². The summed E-state index contributed by atoms with van der Waals surface area (Å²) in [5.74, 6) is 2.22. The van der Waals surface area contributed by atoms with Crippen molar-refractivity contribution in [3.63, 3.8) is 0 Å². The van der Waals surface area contributed by atoms with Gasteiger partial charge in [-0.3, -0.25) is 10.1 Å². The van der Waals surface area contributed by atoms with E-state index in [2.05, 4.69) is 25.5 Å². The van der Waals surface area contributed by atoms with Crippen molar-refractivity contribution in [2.45, 2.75) is 43.4 Å². The Labute approximate surface area is 202 Å². The number of aromatic amines is 1. The molecule has 0 spiro atoms. The second kappa shape index (κ2) is 7.68. The zero-order valence-corrected chi connectivity index (χ0v) is 20.2. The molecule has 3 aromatic rings. The molecule has 11 heteroatoms. The lowest BCUT2D eigenvalue weighted by molar-refractivity contribution is -0.140. The zero-order chi connectivity index (χ0) is 23.8. The van der Waals surface area contributed by atoms with Gasteiger partial charge in [-0.05, 0) is 74.5 Å². The van der Waals surface area contributed by atoms with Crippen LogP contribution >= 0.6 is 0 Å². The molecule has 3 heterocycles. The number of sulfonamides is 1. The summed E-state index contributed by atoms with van der Waals surface area (Å²) >= 11 is 0. The van der Waals surface area contributed by atoms with Crippen molar-refractivity contribution >= 4 is 43.9 Å². The smallest absolute Gasteiger partial charge is 0.251 e. The number of ether oxygens (including phenoxy) is 1. The maximum atomic E-state index is 13.4. The number of H-pyrrole nitrogens is 1. The molecule has 2 N–H and O–H groups in total. The average Bonchev–Trinajstić information content (AvgIpc) is 3.21. The minimum atomic E-state index is -3.63. The van der Waals surface area contributed by atoms with Gasteiger partial charge in [0, 0.05) is 24.0 Å². The minimum Gasteiger partial charge on any atom is -0.379 e. The molecule has 5 aliphatic rings. The Kier molecular flexibility index (Phi) is 4.75. The number of benzene rings is 1. The number of hydrogen-bond acceptors (Lipinski definition) is 7. The third kappa shape index (κ3) is 3.47. The van der Waals surface area contributed by atoms with Crippen LogP contribution in [-0.2, 0) is 19.6 Å². The van der Waals surface area contributed by atoms with Crippen LogP contribution in [0.15, 0.2) is 23.1 Å². The normalized spacial score (nSPS) is 30.8. The van der Waals surface area contributed by atoms with Gasteiger partial charge in [0.05, 0.1) is 23.5 Å². The van der Waals surface area contributed by atoms with Crippen molar-refractivity contribution in [2.75, 3.05) is 31.6 Å². The Morgan fingerprint density at radius 2 is 1.74 bits per heavy atom. The standard InChI is InChI=1S/C24H28N6O4S/c31-22(24-11-14-7-15(12-24)9-16(8-14)13-24)27-23-26-21-20(28-29-23)18-10-17(1-2-19(18)25-21)35(32,33)30-3-5-34-6-4-30/h1-2,10,14-16H,3-9,11-13H2,(H2,25,26,27,29,31). The first-order chi connectivity index (χ1) is 16.9. The van der Waals surface area contributed by atoms with Gasteiger partial charge in [0.2, 0.25) is 15.9 Å². The molecule has 4 saturated carbocycles. The minimum absolute atomic E-state index is 0.0211. The number of carbonyl (C=O) groups excluding carboxylic acids is 1. The van der Waals surface area contributed by atoms with Crippen LogP contribution in [0.4, 0.5) is 5.95 Å². The zero-order valence-electron chi connectivity index (χ0n) is 19.4. The van der Waals surface area contributed by atoms with Crippen molar-refractivity contribution in [3.05, 3.63) is 18.2 Å². The highest BCUT2D eigenvalue weighted by atomic mass is 32.2. The van der Waals surface area contributed by atoms with Gasteiger partial charge in [-0.2, -0.15) is 9.29 Å². The predicted molar refractivity (Wildman–Crippen MR) is 128 cm³/mol. The van der Waals surface area contributed by atoms with E-state index in [9.17, 15) is 13.2 Å². The molecular weight excluding hydrogens is 468 g/mol. The lowest BCUT2D eigenvalue weighted by Gasteiger charge is -2.55. The molecule has 0 unspecified atom stereocenters. The van der Waals surface area contributed by atoms with Gasteiger partial charge < -0.3 is 9.72 Å². The number of morpholine rings is 1. The molecule has 0 radical (unpaired) electrons. The number of amides is 1. The number of aromatic nitrogens is 4. The third-order valence-corrected chi connectivity index (χ3v) is 10.4. The summed E-state index contributed by atoms with van der Waals surface area (Å²) in [6, 6.07) is 4.92. The summed E-state index contributed by atoms with van der Waals surface area (Å²) in [4.78, 5) is 21.3. The predicted octanol–water partition coefficient (Wildman–Crippen LogP) is 2.68. The third-order valence-electron chi connectivity index (χ3n) is 8.54. The van der Waals surface area contributed by atoms with Crippen LogP contribution in [-0.4, -0.2) is 65.1 Å². The van der Waals surface area contributed by atoms with Gasteiger partial charge in [-0.25, -0.2) is 8.42 Å². The highest BCUT2D eigenvalue weighted by molar-refractivity contribution is 7.89. The van der Waals surface area contributed by atoms with E-state index in [4.69, 9.17) is 4.74 Å². The first kappa shape index (κ1) is 21.6. The van der Waals surface area contributed by atoms with E-state index in [-0.39, 0.29) is 22.2 Å². The molecule has 0 atom stereocenters. The second-order valence-corrected chi connectivity index (χ2v) is 12.8. The average molecular weight is 497 g/mol. The fourth-order valence-corrected chi connectivity index (χ4v) is 8.76. The largest absolute Gasteiger partial charge is 0.379 e. The van der Waals surface area contributed by atoms with Crippen LogP contribution in [0.2, 0.25) is 0 Å². The maximum absolute atomic E-state index is 13.4. The Bertz CT molecular complexity index is 1410. The van der Waals surface area contributed by atoms with Crippen LogP contribution < -0.4 is 5.32 Å². The fraction of sp³-hybridized carbons (Fsp3) is 0.583. The number of hydrogen-bond donors (Lipinski definition) is 2.